The Bertz CT molecular complexity index is 523. The fraction of sp³-hybridized carbons (Fsp3) is 0.611. The second-order valence-corrected chi connectivity index (χ2v) is 7.81. The summed E-state index contributed by atoms with van der Waals surface area (Å²) < 4.78 is 0. The number of aliphatic hydroxyl groups is 1. The van der Waals surface area contributed by atoms with E-state index in [0.717, 1.165) is 31.7 Å². The molecule has 1 aromatic carbocycles. The smallest absolute Gasteiger partial charge is 0.253 e. The van der Waals surface area contributed by atoms with E-state index in [4.69, 9.17) is 0 Å². The number of hydrogen-bond donors (Lipinski definition) is 2. The van der Waals surface area contributed by atoms with Gasteiger partial charge in [0.2, 0.25) is 0 Å². The van der Waals surface area contributed by atoms with Crippen molar-refractivity contribution in [3.05, 3.63) is 35.9 Å². The lowest BCUT2D eigenvalue weighted by Gasteiger charge is -2.37. The molecule has 0 bridgehead atoms. The Hall–Kier alpha value is -1.04. The third-order valence-electron chi connectivity index (χ3n) is 5.12. The zero-order valence-corrected chi connectivity index (χ0v) is 14.5. The molecule has 0 aliphatic carbocycles. The normalized spacial score (nSPS) is 27.7. The summed E-state index contributed by atoms with van der Waals surface area (Å²) in [5, 5.41) is 13.4. The Labute approximate surface area is 142 Å². The number of hydrogen-bond acceptors (Lipinski definition) is 4. The molecule has 2 atom stereocenters. The molecule has 126 valence electrons. The van der Waals surface area contributed by atoms with E-state index in [9.17, 15) is 9.90 Å². The molecule has 2 N–H and O–H groups in total. The maximum Gasteiger partial charge on any atom is 0.253 e. The summed E-state index contributed by atoms with van der Waals surface area (Å²) in [6.07, 6.45) is 2.48. The first-order chi connectivity index (χ1) is 11.1. The molecule has 5 heteroatoms. The van der Waals surface area contributed by atoms with Gasteiger partial charge in [-0.3, -0.25) is 9.69 Å². The van der Waals surface area contributed by atoms with E-state index in [1.54, 1.807) is 11.8 Å². The minimum absolute atomic E-state index is 0.169. The molecule has 23 heavy (non-hydrogen) atoms. The Balaban J connectivity index is 1.49. The predicted octanol–water partition coefficient (Wildman–Crippen LogP) is 2.20. The van der Waals surface area contributed by atoms with E-state index in [-0.39, 0.29) is 11.9 Å². The summed E-state index contributed by atoms with van der Waals surface area (Å²) in [6, 6.07) is 11.2. The highest BCUT2D eigenvalue weighted by Crippen LogP contribution is 2.29. The van der Waals surface area contributed by atoms with Gasteiger partial charge in [0.15, 0.2) is 5.60 Å². The largest absolute Gasteiger partial charge is 0.379 e. The maximum atomic E-state index is 12.3. The monoisotopic (exact) mass is 334 g/mol. The third kappa shape index (κ3) is 3.90. The highest BCUT2D eigenvalue weighted by Gasteiger charge is 2.40. The van der Waals surface area contributed by atoms with Gasteiger partial charge in [0, 0.05) is 30.9 Å². The number of carbonyl (C=O) groups is 1. The van der Waals surface area contributed by atoms with Crippen molar-refractivity contribution < 1.29 is 9.90 Å². The van der Waals surface area contributed by atoms with Crippen LogP contribution in [0.2, 0.25) is 0 Å². The molecule has 4 nitrogen and oxygen atoms in total. The second-order valence-electron chi connectivity index (χ2n) is 6.70. The van der Waals surface area contributed by atoms with Gasteiger partial charge >= 0.3 is 0 Å². The average molecular weight is 334 g/mol. The Morgan fingerprint density at radius 1 is 1.35 bits per heavy atom. The molecular weight excluding hydrogens is 308 g/mol. The van der Waals surface area contributed by atoms with Crippen molar-refractivity contribution in [2.24, 2.45) is 0 Å². The molecule has 2 saturated heterocycles. The van der Waals surface area contributed by atoms with Crippen LogP contribution in [0.3, 0.4) is 0 Å². The van der Waals surface area contributed by atoms with Gasteiger partial charge in [-0.1, -0.05) is 30.3 Å². The fourth-order valence-corrected chi connectivity index (χ4v) is 4.67. The Kier molecular flexibility index (Phi) is 5.29. The van der Waals surface area contributed by atoms with E-state index in [2.05, 4.69) is 41.4 Å². The quantitative estimate of drug-likeness (QED) is 0.886. The number of rotatable bonds is 4. The van der Waals surface area contributed by atoms with Crippen molar-refractivity contribution in [3.8, 4) is 0 Å². The van der Waals surface area contributed by atoms with Crippen LogP contribution in [0, 0.1) is 0 Å². The predicted molar refractivity (Wildman–Crippen MR) is 94.5 cm³/mol. The first kappa shape index (κ1) is 16.8. The van der Waals surface area contributed by atoms with Crippen LogP contribution >= 0.6 is 11.8 Å². The minimum Gasteiger partial charge on any atom is -0.379 e. The molecule has 3 rings (SSSR count). The summed E-state index contributed by atoms with van der Waals surface area (Å²) in [4.78, 5) is 14.8. The van der Waals surface area contributed by atoms with E-state index in [1.165, 1.54) is 5.56 Å². The van der Waals surface area contributed by atoms with Crippen LogP contribution in [0.4, 0.5) is 0 Å². The van der Waals surface area contributed by atoms with E-state index in [1.807, 2.05) is 6.07 Å². The molecule has 1 amide bonds. The number of nitrogens with one attached hydrogen (secondary N) is 1. The molecule has 0 radical (unpaired) electrons. The molecule has 0 spiro atoms. The summed E-state index contributed by atoms with van der Waals surface area (Å²) in [6.45, 7) is 4.20. The minimum atomic E-state index is -1.14. The van der Waals surface area contributed by atoms with Crippen LogP contribution in [-0.4, -0.2) is 52.2 Å². The van der Waals surface area contributed by atoms with Crippen molar-refractivity contribution in [1.82, 2.24) is 10.2 Å². The number of amides is 1. The molecule has 2 aliphatic rings. The summed E-state index contributed by atoms with van der Waals surface area (Å²) in [5.74, 6) is 1.23. The van der Waals surface area contributed by atoms with Gasteiger partial charge in [-0.05, 0) is 37.5 Å². The fourth-order valence-electron chi connectivity index (χ4n) is 3.43. The molecule has 0 saturated carbocycles. The van der Waals surface area contributed by atoms with Crippen molar-refractivity contribution in [2.45, 2.75) is 43.9 Å². The van der Waals surface area contributed by atoms with E-state index in [0.29, 0.717) is 18.2 Å². The lowest BCUT2D eigenvalue weighted by atomic mass is 9.98. The molecular formula is C18H26N2O2S. The Morgan fingerprint density at radius 3 is 2.65 bits per heavy atom. The highest BCUT2D eigenvalue weighted by atomic mass is 32.2. The zero-order chi connectivity index (χ0) is 16.3. The number of thioether (sulfide) groups is 1. The lowest BCUT2D eigenvalue weighted by Crippen LogP contribution is -2.53. The molecule has 1 aromatic rings. The number of nitrogens with zero attached hydrogens (tertiary/aromatic N) is 1. The van der Waals surface area contributed by atoms with Crippen LogP contribution in [0.25, 0.3) is 0 Å². The standard InChI is InChI=1S/C18H26N2O2S/c1-14(15-5-3-2-4-6-15)20-10-7-16(8-11-20)19-17(21)18(22)9-12-23-13-18/h2-6,14,16,22H,7-13H2,1H3,(H,19,21). The van der Waals surface area contributed by atoms with Crippen LogP contribution < -0.4 is 5.32 Å². The van der Waals surface area contributed by atoms with Crippen molar-refractivity contribution in [2.75, 3.05) is 24.6 Å². The second kappa shape index (κ2) is 7.24. The van der Waals surface area contributed by atoms with Crippen LogP contribution in [-0.2, 0) is 4.79 Å². The third-order valence-corrected chi connectivity index (χ3v) is 6.29. The number of likely N-dealkylation sites (tertiary alicyclic amines) is 1. The van der Waals surface area contributed by atoms with Gasteiger partial charge in [0.1, 0.15) is 0 Å². The van der Waals surface area contributed by atoms with Gasteiger partial charge < -0.3 is 10.4 Å². The van der Waals surface area contributed by atoms with Gasteiger partial charge in [-0.15, -0.1) is 0 Å². The molecule has 2 heterocycles. The topological polar surface area (TPSA) is 52.6 Å². The first-order valence-electron chi connectivity index (χ1n) is 8.48. The van der Waals surface area contributed by atoms with Crippen LogP contribution in [0.15, 0.2) is 30.3 Å². The number of benzene rings is 1. The molecule has 2 fully saturated rings. The summed E-state index contributed by atoms with van der Waals surface area (Å²) in [7, 11) is 0. The maximum absolute atomic E-state index is 12.3. The van der Waals surface area contributed by atoms with E-state index >= 15 is 0 Å². The highest BCUT2D eigenvalue weighted by molar-refractivity contribution is 7.99. The van der Waals surface area contributed by atoms with Crippen molar-refractivity contribution in [1.29, 1.82) is 0 Å². The van der Waals surface area contributed by atoms with Gasteiger partial charge in [0.25, 0.3) is 5.91 Å². The first-order valence-corrected chi connectivity index (χ1v) is 9.64. The number of carbonyl (C=O) groups excluding carboxylic acids is 1. The molecule has 0 aromatic heterocycles. The van der Waals surface area contributed by atoms with E-state index < -0.39 is 5.60 Å². The average Bonchev–Trinajstić information content (AvgIpc) is 3.04. The van der Waals surface area contributed by atoms with Crippen molar-refractivity contribution >= 4 is 17.7 Å². The van der Waals surface area contributed by atoms with Gasteiger partial charge in [0.05, 0.1) is 0 Å². The molecule has 2 unspecified atom stereocenters. The lowest BCUT2D eigenvalue weighted by molar-refractivity contribution is -0.138. The summed E-state index contributed by atoms with van der Waals surface area (Å²) in [5.41, 5.74) is 0.200. The zero-order valence-electron chi connectivity index (χ0n) is 13.7. The van der Waals surface area contributed by atoms with Crippen LogP contribution in [0.1, 0.15) is 37.8 Å². The Morgan fingerprint density at radius 2 is 2.04 bits per heavy atom. The van der Waals surface area contributed by atoms with Crippen LogP contribution in [0.5, 0.6) is 0 Å². The number of piperidine rings is 1. The SMILES string of the molecule is CC(c1ccccc1)N1CCC(NC(=O)C2(O)CCSC2)CC1. The van der Waals surface area contributed by atoms with Crippen molar-refractivity contribution in [3.63, 3.8) is 0 Å². The summed E-state index contributed by atoms with van der Waals surface area (Å²) >= 11 is 1.65. The molecule has 2 aliphatic heterocycles. The van der Waals surface area contributed by atoms with Gasteiger partial charge in [-0.2, -0.15) is 11.8 Å². The van der Waals surface area contributed by atoms with Gasteiger partial charge in [-0.25, -0.2) is 0 Å².